The fourth-order valence-electron chi connectivity index (χ4n) is 2.82. The number of carbonyl (C=O) groups excluding carboxylic acids is 1. The van der Waals surface area contributed by atoms with Crippen LogP contribution in [0.3, 0.4) is 0 Å². The van der Waals surface area contributed by atoms with Gasteiger partial charge in [0.05, 0.1) is 12.4 Å². The van der Waals surface area contributed by atoms with E-state index in [4.69, 9.17) is 5.11 Å². The summed E-state index contributed by atoms with van der Waals surface area (Å²) in [4.78, 5) is 35.6. The van der Waals surface area contributed by atoms with Crippen LogP contribution in [-0.4, -0.2) is 70.6 Å². The molecule has 0 aliphatic carbocycles. The Labute approximate surface area is 128 Å². The minimum atomic E-state index is -0.887. The Bertz CT molecular complexity index is 573. The summed E-state index contributed by atoms with van der Waals surface area (Å²) in [6.45, 7) is 3.03. The summed E-state index contributed by atoms with van der Waals surface area (Å²) in [5, 5.41) is 12.0. The number of piperazine rings is 1. The van der Waals surface area contributed by atoms with Gasteiger partial charge in [-0.05, 0) is 12.8 Å². The molecular weight excluding hydrogens is 286 g/mol. The van der Waals surface area contributed by atoms with Gasteiger partial charge < -0.3 is 20.2 Å². The summed E-state index contributed by atoms with van der Waals surface area (Å²) in [6.07, 6.45) is 5.10. The van der Waals surface area contributed by atoms with Crippen LogP contribution in [0.2, 0.25) is 0 Å². The topological polar surface area (TPSA) is 98.7 Å². The van der Waals surface area contributed by atoms with Gasteiger partial charge in [-0.15, -0.1) is 0 Å². The van der Waals surface area contributed by atoms with E-state index in [0.717, 1.165) is 25.9 Å². The van der Waals surface area contributed by atoms with Crippen molar-refractivity contribution in [2.45, 2.75) is 18.9 Å². The molecule has 2 aliphatic rings. The maximum atomic E-state index is 12.4. The average molecular weight is 305 g/mol. The van der Waals surface area contributed by atoms with Crippen LogP contribution in [0, 0.1) is 0 Å². The maximum Gasteiger partial charge on any atom is 0.322 e. The highest BCUT2D eigenvalue weighted by molar-refractivity contribution is 5.92. The minimum Gasteiger partial charge on any atom is -0.480 e. The molecule has 118 valence electrons. The number of carboxylic acids is 1. The molecule has 1 unspecified atom stereocenters. The van der Waals surface area contributed by atoms with Gasteiger partial charge in [-0.3, -0.25) is 14.6 Å². The number of likely N-dealkylation sites (tertiary alicyclic amines) is 1. The van der Waals surface area contributed by atoms with Gasteiger partial charge in [0, 0.05) is 32.7 Å². The van der Waals surface area contributed by atoms with Crippen LogP contribution in [-0.2, 0) is 4.79 Å². The highest BCUT2D eigenvalue weighted by Crippen LogP contribution is 2.15. The van der Waals surface area contributed by atoms with Crippen molar-refractivity contribution in [3.05, 3.63) is 18.1 Å². The number of carbonyl (C=O) groups is 2. The van der Waals surface area contributed by atoms with Gasteiger partial charge in [0.1, 0.15) is 17.6 Å². The molecule has 0 bridgehead atoms. The molecule has 22 heavy (non-hydrogen) atoms. The van der Waals surface area contributed by atoms with E-state index in [0.29, 0.717) is 31.1 Å². The van der Waals surface area contributed by atoms with Crippen LogP contribution in [0.25, 0.3) is 0 Å². The van der Waals surface area contributed by atoms with Crippen LogP contribution in [0.15, 0.2) is 12.4 Å². The summed E-state index contributed by atoms with van der Waals surface area (Å²) in [5.41, 5.74) is 0.324. The van der Waals surface area contributed by atoms with Crippen molar-refractivity contribution in [2.75, 3.05) is 37.6 Å². The van der Waals surface area contributed by atoms with E-state index in [-0.39, 0.29) is 5.91 Å². The van der Waals surface area contributed by atoms with Gasteiger partial charge in [-0.2, -0.15) is 0 Å². The normalized spacial score (nSPS) is 21.9. The van der Waals surface area contributed by atoms with Crippen molar-refractivity contribution in [1.29, 1.82) is 0 Å². The largest absolute Gasteiger partial charge is 0.480 e. The van der Waals surface area contributed by atoms with Crippen molar-refractivity contribution in [1.82, 2.24) is 20.2 Å². The molecule has 1 aromatic rings. The van der Waals surface area contributed by atoms with E-state index in [2.05, 4.69) is 15.3 Å². The first-order chi connectivity index (χ1) is 10.6. The van der Waals surface area contributed by atoms with Gasteiger partial charge in [-0.1, -0.05) is 0 Å². The fourth-order valence-corrected chi connectivity index (χ4v) is 2.82. The van der Waals surface area contributed by atoms with Gasteiger partial charge in [0.15, 0.2) is 0 Å². The van der Waals surface area contributed by atoms with Crippen LogP contribution in [0.1, 0.15) is 23.3 Å². The number of amides is 1. The lowest BCUT2D eigenvalue weighted by atomic mass is 10.2. The number of nitrogens with zero attached hydrogens (tertiary/aromatic N) is 4. The van der Waals surface area contributed by atoms with Crippen LogP contribution < -0.4 is 10.2 Å². The Balaban J connectivity index is 1.75. The Hall–Kier alpha value is -2.22. The summed E-state index contributed by atoms with van der Waals surface area (Å²) >= 11 is 0. The summed E-state index contributed by atoms with van der Waals surface area (Å²) < 4.78 is 0. The molecule has 0 radical (unpaired) electrons. The van der Waals surface area contributed by atoms with Crippen LogP contribution in [0.4, 0.5) is 5.82 Å². The zero-order valence-electron chi connectivity index (χ0n) is 12.2. The smallest absolute Gasteiger partial charge is 0.322 e. The highest BCUT2D eigenvalue weighted by Gasteiger charge is 2.27. The number of hydrogen-bond acceptors (Lipinski definition) is 6. The van der Waals surface area contributed by atoms with Gasteiger partial charge in [-0.25, -0.2) is 4.98 Å². The van der Waals surface area contributed by atoms with E-state index in [1.54, 1.807) is 11.1 Å². The number of aliphatic carboxylic acids is 1. The zero-order chi connectivity index (χ0) is 15.5. The van der Waals surface area contributed by atoms with Crippen molar-refractivity contribution in [3.63, 3.8) is 0 Å². The second kappa shape index (κ2) is 6.27. The number of rotatable bonds is 3. The van der Waals surface area contributed by atoms with Gasteiger partial charge >= 0.3 is 5.97 Å². The van der Waals surface area contributed by atoms with Crippen molar-refractivity contribution in [2.24, 2.45) is 0 Å². The van der Waals surface area contributed by atoms with Gasteiger partial charge in [0.2, 0.25) is 0 Å². The Morgan fingerprint density at radius 2 is 2.00 bits per heavy atom. The van der Waals surface area contributed by atoms with E-state index < -0.39 is 12.0 Å². The zero-order valence-corrected chi connectivity index (χ0v) is 12.2. The third-order valence-electron chi connectivity index (χ3n) is 4.03. The van der Waals surface area contributed by atoms with E-state index in [9.17, 15) is 9.59 Å². The monoisotopic (exact) mass is 305 g/mol. The molecule has 8 nitrogen and oxygen atoms in total. The minimum absolute atomic E-state index is 0.100. The Morgan fingerprint density at radius 3 is 2.73 bits per heavy atom. The molecule has 8 heteroatoms. The van der Waals surface area contributed by atoms with E-state index >= 15 is 0 Å². The first kappa shape index (κ1) is 14.7. The molecule has 2 N–H and O–H groups in total. The number of aromatic nitrogens is 2. The number of hydrogen-bond donors (Lipinski definition) is 2. The molecule has 0 spiro atoms. The third kappa shape index (κ3) is 3.01. The van der Waals surface area contributed by atoms with Gasteiger partial charge in [0.25, 0.3) is 5.91 Å². The molecule has 1 aromatic heterocycles. The van der Waals surface area contributed by atoms with Crippen molar-refractivity contribution < 1.29 is 14.7 Å². The summed E-state index contributed by atoms with van der Waals surface area (Å²) in [7, 11) is 0. The average Bonchev–Trinajstić information content (AvgIpc) is 3.09. The highest BCUT2D eigenvalue weighted by atomic mass is 16.4. The molecule has 1 amide bonds. The predicted octanol–water partition coefficient (Wildman–Crippen LogP) is -0.425. The molecule has 0 saturated carbocycles. The second-order valence-electron chi connectivity index (χ2n) is 5.55. The lowest BCUT2D eigenvalue weighted by Crippen LogP contribution is -2.54. The molecule has 2 aliphatic heterocycles. The lowest BCUT2D eigenvalue weighted by molar-refractivity contribution is -0.139. The number of nitrogens with one attached hydrogen (secondary N) is 1. The van der Waals surface area contributed by atoms with E-state index in [1.807, 2.05) is 4.90 Å². The summed E-state index contributed by atoms with van der Waals surface area (Å²) in [5.74, 6) is -0.434. The van der Waals surface area contributed by atoms with Crippen molar-refractivity contribution in [3.8, 4) is 0 Å². The standard InChI is InChI=1S/C14H19N5O3/c20-13(18-4-1-2-5-18)10-7-15-8-12(17-10)19-6-3-16-11(9-19)14(21)22/h7-8,11,16H,1-6,9H2,(H,21,22). The van der Waals surface area contributed by atoms with Crippen LogP contribution in [0.5, 0.6) is 0 Å². The van der Waals surface area contributed by atoms with Crippen molar-refractivity contribution >= 4 is 17.7 Å². The molecule has 2 fully saturated rings. The maximum absolute atomic E-state index is 12.4. The molecule has 1 atom stereocenters. The molecule has 3 rings (SSSR count). The quantitative estimate of drug-likeness (QED) is 0.782. The molecule has 0 aromatic carbocycles. The van der Waals surface area contributed by atoms with E-state index in [1.165, 1.54) is 6.20 Å². The number of anilines is 1. The SMILES string of the molecule is O=C(O)C1CN(c2cncc(C(=O)N3CCCC3)n2)CCN1. The second-order valence-corrected chi connectivity index (χ2v) is 5.55. The predicted molar refractivity (Wildman–Crippen MR) is 78.8 cm³/mol. The third-order valence-corrected chi connectivity index (χ3v) is 4.03. The fraction of sp³-hybridized carbons (Fsp3) is 0.571. The lowest BCUT2D eigenvalue weighted by Gasteiger charge is -2.32. The molecule has 2 saturated heterocycles. The summed E-state index contributed by atoms with van der Waals surface area (Å²) in [6, 6.07) is -0.631. The van der Waals surface area contributed by atoms with Crippen LogP contribution >= 0.6 is 0 Å². The Kier molecular flexibility index (Phi) is 4.19. The molecule has 3 heterocycles. The first-order valence-electron chi connectivity index (χ1n) is 7.47. The molecular formula is C14H19N5O3. The Morgan fingerprint density at radius 1 is 1.23 bits per heavy atom. The number of carboxylic acid groups (broad SMARTS) is 1. The first-order valence-corrected chi connectivity index (χ1v) is 7.47.